The summed E-state index contributed by atoms with van der Waals surface area (Å²) in [6.07, 6.45) is 8.54. The van der Waals surface area contributed by atoms with Gasteiger partial charge in [0.05, 0.1) is 35.8 Å². The van der Waals surface area contributed by atoms with E-state index in [0.717, 1.165) is 16.5 Å². The number of cyclic esters (lactones) is 1. The van der Waals surface area contributed by atoms with Crippen LogP contribution in [0.3, 0.4) is 0 Å². The van der Waals surface area contributed by atoms with Crippen LogP contribution in [0.25, 0.3) is 10.8 Å². The molecule has 0 aromatic heterocycles. The minimum atomic E-state index is -0.924. The van der Waals surface area contributed by atoms with E-state index >= 15 is 0 Å². The van der Waals surface area contributed by atoms with Crippen molar-refractivity contribution in [2.75, 3.05) is 24.7 Å². The third-order valence-corrected chi connectivity index (χ3v) is 9.59. The SMILES string of the molecule is C[C@H](CO)N1C(=O)[C@@H]2[C@@H]3C(=O)OCCC=C[C@@H]3S[C@@]23C=CCN(c2ccc4ccccc4c2)C(=O)C13. The van der Waals surface area contributed by atoms with E-state index in [0.29, 0.717) is 13.0 Å². The van der Waals surface area contributed by atoms with Crippen LogP contribution >= 0.6 is 11.8 Å². The fourth-order valence-corrected chi connectivity index (χ4v) is 8.17. The Balaban J connectivity index is 1.47. The number of benzene rings is 2. The number of amides is 2. The molecule has 2 amide bonds. The molecule has 186 valence electrons. The zero-order chi connectivity index (χ0) is 25.0. The molecule has 4 aliphatic heterocycles. The van der Waals surface area contributed by atoms with Gasteiger partial charge in [0.1, 0.15) is 6.04 Å². The number of aliphatic hydroxyl groups excluding tert-OH is 1. The lowest BCUT2D eigenvalue weighted by Crippen LogP contribution is -2.56. The van der Waals surface area contributed by atoms with Gasteiger partial charge < -0.3 is 19.6 Å². The Bertz CT molecular complexity index is 1310. The number of thioether (sulfide) groups is 1. The summed E-state index contributed by atoms with van der Waals surface area (Å²) < 4.78 is 4.57. The highest BCUT2D eigenvalue weighted by Crippen LogP contribution is 2.61. The topological polar surface area (TPSA) is 87.2 Å². The van der Waals surface area contributed by atoms with Crippen LogP contribution in [0.15, 0.2) is 66.8 Å². The van der Waals surface area contributed by atoms with Crippen molar-refractivity contribution in [1.82, 2.24) is 4.90 Å². The average molecular weight is 505 g/mol. The maximum Gasteiger partial charge on any atom is 0.311 e. The molecule has 1 N–H and O–H groups in total. The van der Waals surface area contributed by atoms with E-state index in [-0.39, 0.29) is 36.2 Å². The van der Waals surface area contributed by atoms with Crippen molar-refractivity contribution in [2.24, 2.45) is 11.8 Å². The number of ether oxygens (including phenoxy) is 1. The van der Waals surface area contributed by atoms with Crippen LogP contribution in [-0.4, -0.2) is 69.6 Å². The van der Waals surface area contributed by atoms with E-state index in [1.807, 2.05) is 66.8 Å². The second-order valence-electron chi connectivity index (χ2n) is 9.89. The normalized spacial score (nSPS) is 32.4. The number of carbonyl (C=O) groups is 3. The second-order valence-corrected chi connectivity index (χ2v) is 11.4. The Morgan fingerprint density at radius 2 is 1.92 bits per heavy atom. The van der Waals surface area contributed by atoms with Crippen LogP contribution in [0.1, 0.15) is 13.3 Å². The second kappa shape index (κ2) is 8.78. The fourth-order valence-electron chi connectivity index (χ4n) is 6.19. The lowest BCUT2D eigenvalue weighted by molar-refractivity contribution is -0.153. The standard InChI is InChI=1S/C28H28N2O5S/c1-17(16-31)30-24-26(33)29(20-11-10-18-7-2-3-8-19(18)15-20)13-6-12-28(24)23(25(30)32)22-21(36-28)9-4-5-14-35-27(22)34/h2-4,6-12,15,17,21-24,31H,5,13-14,16H2,1H3/t17-,21+,22-,23+,24?,28+/m1/s1. The Morgan fingerprint density at radius 3 is 2.72 bits per heavy atom. The predicted octanol–water partition coefficient (Wildman–Crippen LogP) is 2.92. The molecule has 36 heavy (non-hydrogen) atoms. The maximum absolute atomic E-state index is 14.4. The molecule has 0 radical (unpaired) electrons. The third kappa shape index (κ3) is 3.34. The molecule has 8 heteroatoms. The summed E-state index contributed by atoms with van der Waals surface area (Å²) in [6.45, 7) is 2.10. The molecule has 1 unspecified atom stereocenters. The number of carbonyl (C=O) groups excluding carboxylic acids is 3. The lowest BCUT2D eigenvalue weighted by Gasteiger charge is -2.37. The first-order valence-electron chi connectivity index (χ1n) is 12.4. The minimum absolute atomic E-state index is 0.203. The molecule has 0 saturated carbocycles. The van der Waals surface area contributed by atoms with Crippen LogP contribution in [-0.2, 0) is 19.1 Å². The van der Waals surface area contributed by atoms with Crippen molar-refractivity contribution in [2.45, 2.75) is 35.4 Å². The van der Waals surface area contributed by atoms with Gasteiger partial charge in [-0.2, -0.15) is 0 Å². The van der Waals surface area contributed by atoms with E-state index in [1.165, 1.54) is 16.7 Å². The van der Waals surface area contributed by atoms with Gasteiger partial charge in [-0.3, -0.25) is 14.4 Å². The number of likely N-dealkylation sites (tertiary alicyclic amines) is 1. The summed E-state index contributed by atoms with van der Waals surface area (Å²) in [5.74, 6) is -2.28. The van der Waals surface area contributed by atoms with Gasteiger partial charge in [0.25, 0.3) is 5.91 Å². The molecular formula is C28H28N2O5S. The molecule has 2 aromatic rings. The molecule has 1 spiro atoms. The molecule has 4 aliphatic rings. The largest absolute Gasteiger partial charge is 0.465 e. The van der Waals surface area contributed by atoms with Crippen LogP contribution in [0.5, 0.6) is 0 Å². The number of hydrogen-bond donors (Lipinski definition) is 1. The third-order valence-electron chi connectivity index (χ3n) is 7.84. The predicted molar refractivity (Wildman–Crippen MR) is 138 cm³/mol. The van der Waals surface area contributed by atoms with Crippen LogP contribution in [0, 0.1) is 11.8 Å². The molecule has 7 nitrogen and oxygen atoms in total. The highest BCUT2D eigenvalue weighted by molar-refractivity contribution is 8.02. The van der Waals surface area contributed by atoms with Crippen LogP contribution in [0.2, 0.25) is 0 Å². The van der Waals surface area contributed by atoms with E-state index in [9.17, 15) is 19.5 Å². The van der Waals surface area contributed by atoms with Crippen LogP contribution < -0.4 is 4.90 Å². The van der Waals surface area contributed by atoms with Gasteiger partial charge in [-0.15, -0.1) is 11.8 Å². The zero-order valence-electron chi connectivity index (χ0n) is 19.9. The summed E-state index contributed by atoms with van der Waals surface area (Å²) in [6, 6.07) is 12.5. The number of anilines is 1. The number of aliphatic hydroxyl groups is 1. The number of hydrogen-bond acceptors (Lipinski definition) is 6. The van der Waals surface area contributed by atoms with Crippen molar-refractivity contribution in [1.29, 1.82) is 0 Å². The zero-order valence-corrected chi connectivity index (χ0v) is 20.8. The maximum atomic E-state index is 14.4. The molecule has 4 heterocycles. The first-order valence-corrected chi connectivity index (χ1v) is 13.3. The molecule has 2 saturated heterocycles. The molecule has 2 fully saturated rings. The molecule has 2 aromatic carbocycles. The lowest BCUT2D eigenvalue weighted by atomic mass is 9.78. The average Bonchev–Trinajstić information content (AvgIpc) is 3.27. The summed E-state index contributed by atoms with van der Waals surface area (Å²) in [4.78, 5) is 44.7. The summed E-state index contributed by atoms with van der Waals surface area (Å²) >= 11 is 1.51. The molecule has 0 aliphatic carbocycles. The molecule has 0 bridgehead atoms. The Morgan fingerprint density at radius 1 is 1.11 bits per heavy atom. The van der Waals surface area contributed by atoms with Crippen molar-refractivity contribution >= 4 is 46.0 Å². The first kappa shape index (κ1) is 23.3. The number of fused-ring (bicyclic) bond motifs is 3. The van der Waals surface area contributed by atoms with Crippen molar-refractivity contribution in [3.63, 3.8) is 0 Å². The van der Waals surface area contributed by atoms with Crippen molar-refractivity contribution in [3.8, 4) is 0 Å². The van der Waals surface area contributed by atoms with Gasteiger partial charge in [0.2, 0.25) is 5.91 Å². The summed E-state index contributed by atoms with van der Waals surface area (Å²) in [5.41, 5.74) is 0.751. The molecule has 6 rings (SSSR count). The van der Waals surface area contributed by atoms with E-state index in [1.54, 1.807) is 11.8 Å². The van der Waals surface area contributed by atoms with Crippen LogP contribution in [0.4, 0.5) is 5.69 Å². The smallest absolute Gasteiger partial charge is 0.311 e. The monoisotopic (exact) mass is 504 g/mol. The number of esters is 1. The van der Waals surface area contributed by atoms with Crippen molar-refractivity contribution < 1.29 is 24.2 Å². The highest BCUT2D eigenvalue weighted by atomic mass is 32.2. The highest BCUT2D eigenvalue weighted by Gasteiger charge is 2.71. The van der Waals surface area contributed by atoms with E-state index in [4.69, 9.17) is 4.74 Å². The Labute approximate surface area is 213 Å². The summed E-state index contributed by atoms with van der Waals surface area (Å²) in [5, 5.41) is 11.9. The van der Waals surface area contributed by atoms with Gasteiger partial charge in [0, 0.05) is 17.5 Å². The molecule has 6 atom stereocenters. The Hall–Kier alpha value is -3.10. The first-order chi connectivity index (χ1) is 17.5. The van der Waals surface area contributed by atoms with Gasteiger partial charge in [-0.1, -0.05) is 54.6 Å². The van der Waals surface area contributed by atoms with E-state index in [2.05, 4.69) is 0 Å². The number of nitrogens with zero attached hydrogens (tertiary/aromatic N) is 2. The van der Waals surface area contributed by atoms with Crippen molar-refractivity contribution in [3.05, 3.63) is 66.8 Å². The molecular weight excluding hydrogens is 476 g/mol. The van der Waals surface area contributed by atoms with Gasteiger partial charge in [-0.25, -0.2) is 0 Å². The number of rotatable bonds is 3. The minimum Gasteiger partial charge on any atom is -0.465 e. The fraction of sp³-hybridized carbons (Fsp3) is 0.393. The van der Waals surface area contributed by atoms with Gasteiger partial charge in [0.15, 0.2) is 0 Å². The van der Waals surface area contributed by atoms with E-state index < -0.39 is 28.7 Å². The Kier molecular flexibility index (Phi) is 5.68. The van der Waals surface area contributed by atoms with Gasteiger partial charge in [-0.05, 0) is 36.2 Å². The van der Waals surface area contributed by atoms with Gasteiger partial charge >= 0.3 is 5.97 Å². The summed E-state index contributed by atoms with van der Waals surface area (Å²) in [7, 11) is 0. The quantitative estimate of drug-likeness (QED) is 0.511.